The predicted molar refractivity (Wildman–Crippen MR) is 128 cm³/mol. The minimum Gasteiger partial charge on any atom is -0.333 e. The highest BCUT2D eigenvalue weighted by Crippen LogP contribution is 2.24. The second-order valence-electron chi connectivity index (χ2n) is 7.72. The van der Waals surface area contributed by atoms with Crippen LogP contribution in [0.2, 0.25) is 5.02 Å². The van der Waals surface area contributed by atoms with Crippen LogP contribution in [0.4, 0.5) is 5.69 Å². The molecule has 1 amide bonds. The Labute approximate surface area is 196 Å². The van der Waals surface area contributed by atoms with Gasteiger partial charge >= 0.3 is 0 Å². The molecule has 168 valence electrons. The van der Waals surface area contributed by atoms with E-state index in [0.717, 1.165) is 17.7 Å². The van der Waals surface area contributed by atoms with Gasteiger partial charge in [-0.25, -0.2) is 0 Å². The van der Waals surface area contributed by atoms with Gasteiger partial charge in [0.15, 0.2) is 0 Å². The molecule has 8 heteroatoms. The van der Waals surface area contributed by atoms with E-state index in [-0.39, 0.29) is 29.5 Å². The molecule has 0 bridgehead atoms. The highest BCUT2D eigenvalue weighted by Gasteiger charge is 2.20. The van der Waals surface area contributed by atoms with E-state index in [9.17, 15) is 9.59 Å². The summed E-state index contributed by atoms with van der Waals surface area (Å²) in [5, 5.41) is 7.51. The first kappa shape index (κ1) is 22.5. The molecule has 4 aromatic rings. The van der Waals surface area contributed by atoms with Gasteiger partial charge in [-0.05, 0) is 67.8 Å². The topological polar surface area (TPSA) is 90.0 Å². The molecule has 0 atom stereocenters. The lowest BCUT2D eigenvalue weighted by Gasteiger charge is -2.14. The molecule has 0 aliphatic heterocycles. The molecule has 0 unspecified atom stereocenters. The van der Waals surface area contributed by atoms with Crippen molar-refractivity contribution >= 4 is 23.2 Å². The molecule has 0 aliphatic carbocycles. The first-order valence-corrected chi connectivity index (χ1v) is 10.9. The predicted octanol–water partition coefficient (Wildman–Crippen LogP) is 5.04. The molecule has 1 N–H and O–H groups in total. The van der Waals surface area contributed by atoms with Gasteiger partial charge in [0.05, 0.1) is 0 Å². The second-order valence-corrected chi connectivity index (χ2v) is 8.16. The van der Waals surface area contributed by atoms with Crippen molar-refractivity contribution in [2.45, 2.75) is 33.7 Å². The molecule has 2 aromatic carbocycles. The van der Waals surface area contributed by atoms with Crippen LogP contribution in [0.3, 0.4) is 0 Å². The monoisotopic (exact) mass is 462 g/mol. The summed E-state index contributed by atoms with van der Waals surface area (Å²) in [7, 11) is 0. The molecule has 7 nitrogen and oxygen atoms in total. The third-order valence-corrected chi connectivity index (χ3v) is 5.67. The third kappa shape index (κ3) is 4.73. The molecule has 0 radical (unpaired) electrons. The van der Waals surface area contributed by atoms with Crippen molar-refractivity contribution in [3.8, 4) is 22.8 Å². The van der Waals surface area contributed by atoms with Crippen molar-refractivity contribution in [2.24, 2.45) is 0 Å². The average molecular weight is 463 g/mol. The van der Waals surface area contributed by atoms with Crippen molar-refractivity contribution in [3.63, 3.8) is 0 Å². The normalized spacial score (nSPS) is 10.9. The number of carbonyl (C=O) groups excluding carboxylic acids is 1. The number of carbonyl (C=O) groups is 1. The fourth-order valence-electron chi connectivity index (χ4n) is 3.71. The van der Waals surface area contributed by atoms with Crippen molar-refractivity contribution in [1.82, 2.24) is 14.7 Å². The summed E-state index contributed by atoms with van der Waals surface area (Å²) in [5.41, 5.74) is 3.75. The lowest BCUT2D eigenvalue weighted by molar-refractivity contribution is -0.116. The number of aryl methyl sites for hydroxylation is 3. The molecule has 33 heavy (non-hydrogen) atoms. The minimum absolute atomic E-state index is 0.105. The van der Waals surface area contributed by atoms with E-state index in [1.54, 1.807) is 38.1 Å². The van der Waals surface area contributed by atoms with E-state index in [2.05, 4.69) is 15.5 Å². The standard InChI is InChI=1S/C25H23ClN4O3/c1-4-17-7-5-6-8-20(17)27-21(31)14-30-16(3)13-15(2)22(25(30)32)24-28-23(29-33-24)18-9-11-19(26)12-10-18/h5-13H,4,14H2,1-3H3,(H,27,31). The average Bonchev–Trinajstić information content (AvgIpc) is 3.27. The minimum atomic E-state index is -0.363. The number of pyridine rings is 1. The molecule has 0 saturated heterocycles. The molecule has 4 rings (SSSR count). The zero-order chi connectivity index (χ0) is 23.5. The second kappa shape index (κ2) is 9.42. The zero-order valence-corrected chi connectivity index (χ0v) is 19.3. The number of aromatic nitrogens is 3. The maximum atomic E-state index is 13.4. The van der Waals surface area contributed by atoms with E-state index < -0.39 is 0 Å². The van der Waals surface area contributed by atoms with Crippen LogP contribution >= 0.6 is 11.6 Å². The van der Waals surface area contributed by atoms with Crippen molar-refractivity contribution in [3.05, 3.63) is 86.8 Å². The van der Waals surface area contributed by atoms with E-state index in [0.29, 0.717) is 27.7 Å². The number of halogens is 1. The molecule has 0 fully saturated rings. The first-order chi connectivity index (χ1) is 15.9. The molecular formula is C25H23ClN4O3. The lowest BCUT2D eigenvalue weighted by atomic mass is 10.1. The molecule has 0 saturated carbocycles. The Bertz CT molecular complexity index is 1370. The summed E-state index contributed by atoms with van der Waals surface area (Å²) in [6.07, 6.45) is 0.789. The Kier molecular flexibility index (Phi) is 6.42. The number of hydrogen-bond acceptors (Lipinski definition) is 5. The summed E-state index contributed by atoms with van der Waals surface area (Å²) in [6.45, 7) is 5.49. The summed E-state index contributed by atoms with van der Waals surface area (Å²) in [6, 6.07) is 16.4. The van der Waals surface area contributed by atoms with Crippen LogP contribution in [-0.4, -0.2) is 20.6 Å². The first-order valence-electron chi connectivity index (χ1n) is 10.6. The Morgan fingerprint density at radius 1 is 1.12 bits per heavy atom. The largest absolute Gasteiger partial charge is 0.333 e. The summed E-state index contributed by atoms with van der Waals surface area (Å²) >= 11 is 5.94. The van der Waals surface area contributed by atoms with Crippen LogP contribution in [0.25, 0.3) is 22.8 Å². The van der Waals surface area contributed by atoms with E-state index in [4.69, 9.17) is 16.1 Å². The van der Waals surface area contributed by atoms with Gasteiger partial charge in [-0.1, -0.05) is 41.9 Å². The smallest absolute Gasteiger partial charge is 0.264 e. The van der Waals surface area contributed by atoms with E-state index in [1.807, 2.05) is 37.3 Å². The molecule has 2 aromatic heterocycles. The van der Waals surface area contributed by atoms with Gasteiger partial charge in [0.2, 0.25) is 11.7 Å². The lowest BCUT2D eigenvalue weighted by Crippen LogP contribution is -2.31. The number of hydrogen-bond donors (Lipinski definition) is 1. The van der Waals surface area contributed by atoms with Crippen LogP contribution in [0, 0.1) is 13.8 Å². The Balaban J connectivity index is 1.65. The van der Waals surface area contributed by atoms with Gasteiger partial charge in [-0.15, -0.1) is 0 Å². The van der Waals surface area contributed by atoms with Gasteiger partial charge in [0.25, 0.3) is 11.4 Å². The zero-order valence-electron chi connectivity index (χ0n) is 18.6. The molecule has 2 heterocycles. The number of rotatable bonds is 6. The van der Waals surface area contributed by atoms with Crippen molar-refractivity contribution < 1.29 is 9.32 Å². The summed E-state index contributed by atoms with van der Waals surface area (Å²) < 4.78 is 6.83. The highest BCUT2D eigenvalue weighted by molar-refractivity contribution is 6.30. The Morgan fingerprint density at radius 2 is 1.85 bits per heavy atom. The number of benzene rings is 2. The third-order valence-electron chi connectivity index (χ3n) is 5.42. The molecule has 0 spiro atoms. The van der Waals surface area contributed by atoms with Crippen molar-refractivity contribution in [1.29, 1.82) is 0 Å². The summed E-state index contributed by atoms with van der Waals surface area (Å²) in [4.78, 5) is 30.5. The van der Waals surface area contributed by atoms with Gasteiger partial charge < -0.3 is 14.4 Å². The van der Waals surface area contributed by atoms with Gasteiger partial charge in [0.1, 0.15) is 12.1 Å². The van der Waals surface area contributed by atoms with Gasteiger partial charge in [-0.2, -0.15) is 4.98 Å². The fraction of sp³-hybridized carbons (Fsp3) is 0.200. The van der Waals surface area contributed by atoms with Crippen molar-refractivity contribution in [2.75, 3.05) is 5.32 Å². The maximum Gasteiger partial charge on any atom is 0.264 e. The fourth-order valence-corrected chi connectivity index (χ4v) is 3.83. The highest BCUT2D eigenvalue weighted by atomic mass is 35.5. The summed E-state index contributed by atoms with van der Waals surface area (Å²) in [5.74, 6) is 0.165. The Hall–Kier alpha value is -3.71. The SMILES string of the molecule is CCc1ccccc1NC(=O)Cn1c(C)cc(C)c(-c2nc(-c3ccc(Cl)cc3)no2)c1=O. The van der Waals surface area contributed by atoms with Gasteiger partial charge in [-0.3, -0.25) is 9.59 Å². The van der Waals surface area contributed by atoms with Crippen LogP contribution in [0.1, 0.15) is 23.7 Å². The number of amides is 1. The van der Waals surface area contributed by atoms with E-state index in [1.165, 1.54) is 4.57 Å². The van der Waals surface area contributed by atoms with E-state index >= 15 is 0 Å². The maximum absolute atomic E-state index is 13.4. The van der Waals surface area contributed by atoms with Crippen LogP contribution < -0.4 is 10.9 Å². The Morgan fingerprint density at radius 3 is 2.58 bits per heavy atom. The van der Waals surface area contributed by atoms with Crippen LogP contribution in [-0.2, 0) is 17.8 Å². The molecule has 0 aliphatic rings. The number of nitrogens with zero attached hydrogens (tertiary/aromatic N) is 3. The van der Waals surface area contributed by atoms with Crippen LogP contribution in [0.5, 0.6) is 0 Å². The number of para-hydroxylation sites is 1. The number of anilines is 1. The van der Waals surface area contributed by atoms with Gasteiger partial charge in [0, 0.05) is 22.0 Å². The quantitative estimate of drug-likeness (QED) is 0.433. The van der Waals surface area contributed by atoms with Crippen LogP contribution in [0.15, 0.2) is 63.9 Å². The molecular weight excluding hydrogens is 440 g/mol. The number of nitrogens with one attached hydrogen (secondary N) is 1.